The lowest BCUT2D eigenvalue weighted by Crippen LogP contribution is -2.43. The fraction of sp³-hybridized carbons (Fsp3) is 0.684. The van der Waals surface area contributed by atoms with E-state index in [1.807, 2.05) is 41.5 Å². The van der Waals surface area contributed by atoms with Crippen molar-refractivity contribution in [3.05, 3.63) is 35.4 Å². The maximum absolute atomic E-state index is 2.54. The van der Waals surface area contributed by atoms with Gasteiger partial charge in [-0.15, -0.1) is 0 Å². The molecular weight excluding hydrogens is 256 g/mol. The van der Waals surface area contributed by atoms with E-state index < -0.39 is 0 Å². The van der Waals surface area contributed by atoms with Crippen molar-refractivity contribution in [2.24, 2.45) is 0 Å². The Bertz CT molecular complexity index is 315. The van der Waals surface area contributed by atoms with Crippen molar-refractivity contribution in [3.8, 4) is 0 Å². The molecule has 1 aliphatic rings. The van der Waals surface area contributed by atoms with Crippen LogP contribution in [0.5, 0.6) is 0 Å². The zero-order valence-electron chi connectivity index (χ0n) is 15.7. The SMILES string of the molecule is CC.CC.CC.Cc1cccc(CN2CCN(C)CC2)c1. The van der Waals surface area contributed by atoms with E-state index in [0.717, 1.165) is 6.54 Å². The molecule has 1 aliphatic heterocycles. The molecule has 1 fully saturated rings. The van der Waals surface area contributed by atoms with Crippen LogP contribution in [-0.4, -0.2) is 43.0 Å². The highest BCUT2D eigenvalue weighted by Gasteiger charge is 2.13. The normalized spacial score (nSPS) is 14.7. The van der Waals surface area contributed by atoms with Gasteiger partial charge in [0.25, 0.3) is 0 Å². The summed E-state index contributed by atoms with van der Waals surface area (Å²) in [6.45, 7) is 20.1. The third-order valence-electron chi connectivity index (χ3n) is 3.08. The predicted octanol–water partition coefficient (Wildman–Crippen LogP) is 4.82. The van der Waals surface area contributed by atoms with Gasteiger partial charge in [-0.3, -0.25) is 4.90 Å². The van der Waals surface area contributed by atoms with Crippen LogP contribution in [0.4, 0.5) is 0 Å². The minimum atomic E-state index is 1.11. The molecule has 0 aromatic heterocycles. The molecule has 2 heteroatoms. The number of piperazine rings is 1. The summed E-state index contributed by atoms with van der Waals surface area (Å²) in [5.41, 5.74) is 2.81. The molecule has 0 atom stereocenters. The first-order valence-electron chi connectivity index (χ1n) is 8.70. The average molecular weight is 295 g/mol. The molecule has 124 valence electrons. The molecular formula is C19H38N2. The van der Waals surface area contributed by atoms with Crippen LogP contribution in [0.1, 0.15) is 52.7 Å². The second-order valence-electron chi connectivity index (χ2n) is 4.57. The Morgan fingerprint density at radius 1 is 0.857 bits per heavy atom. The van der Waals surface area contributed by atoms with E-state index in [1.54, 1.807) is 0 Å². The monoisotopic (exact) mass is 294 g/mol. The van der Waals surface area contributed by atoms with Crippen molar-refractivity contribution in [1.29, 1.82) is 0 Å². The highest BCUT2D eigenvalue weighted by molar-refractivity contribution is 5.22. The highest BCUT2D eigenvalue weighted by Crippen LogP contribution is 2.09. The van der Waals surface area contributed by atoms with Gasteiger partial charge in [-0.2, -0.15) is 0 Å². The van der Waals surface area contributed by atoms with Gasteiger partial charge in [0.15, 0.2) is 0 Å². The molecule has 2 rings (SSSR count). The van der Waals surface area contributed by atoms with Gasteiger partial charge in [-0.1, -0.05) is 71.4 Å². The lowest BCUT2D eigenvalue weighted by atomic mass is 10.1. The Labute approximate surface area is 134 Å². The maximum Gasteiger partial charge on any atom is 0.0234 e. The molecule has 0 aliphatic carbocycles. The highest BCUT2D eigenvalue weighted by atomic mass is 15.2. The first-order chi connectivity index (χ1) is 10.2. The van der Waals surface area contributed by atoms with Crippen molar-refractivity contribution >= 4 is 0 Å². The summed E-state index contributed by atoms with van der Waals surface area (Å²) in [6.07, 6.45) is 0. The first kappa shape index (κ1) is 22.4. The summed E-state index contributed by atoms with van der Waals surface area (Å²) in [5, 5.41) is 0. The molecule has 0 saturated carbocycles. The number of hydrogen-bond donors (Lipinski definition) is 0. The molecule has 1 saturated heterocycles. The van der Waals surface area contributed by atoms with Crippen LogP contribution < -0.4 is 0 Å². The molecule has 0 spiro atoms. The van der Waals surface area contributed by atoms with Crippen molar-refractivity contribution in [1.82, 2.24) is 9.80 Å². The van der Waals surface area contributed by atoms with E-state index in [2.05, 4.69) is 48.0 Å². The number of hydrogen-bond acceptors (Lipinski definition) is 2. The summed E-state index contributed by atoms with van der Waals surface area (Å²) in [4.78, 5) is 4.93. The van der Waals surface area contributed by atoms with Crippen LogP contribution in [0.3, 0.4) is 0 Å². The number of nitrogens with zero attached hydrogens (tertiary/aromatic N) is 2. The summed E-state index contributed by atoms with van der Waals surface area (Å²) in [5.74, 6) is 0. The van der Waals surface area contributed by atoms with Gasteiger partial charge in [0, 0.05) is 32.7 Å². The third-order valence-corrected chi connectivity index (χ3v) is 3.08. The Hall–Kier alpha value is -0.860. The summed E-state index contributed by atoms with van der Waals surface area (Å²) in [6, 6.07) is 8.83. The molecule has 0 unspecified atom stereocenters. The van der Waals surface area contributed by atoms with Gasteiger partial charge < -0.3 is 4.90 Å². The van der Waals surface area contributed by atoms with Crippen LogP contribution in [-0.2, 0) is 6.54 Å². The van der Waals surface area contributed by atoms with E-state index in [0.29, 0.717) is 0 Å². The van der Waals surface area contributed by atoms with Crippen LogP contribution in [0.25, 0.3) is 0 Å². The number of benzene rings is 1. The van der Waals surface area contributed by atoms with Gasteiger partial charge in [0.1, 0.15) is 0 Å². The fourth-order valence-electron chi connectivity index (χ4n) is 2.07. The minimum absolute atomic E-state index is 1.11. The van der Waals surface area contributed by atoms with Crippen LogP contribution in [0, 0.1) is 6.92 Å². The van der Waals surface area contributed by atoms with E-state index in [1.165, 1.54) is 37.3 Å². The van der Waals surface area contributed by atoms with E-state index in [4.69, 9.17) is 0 Å². The molecule has 0 radical (unpaired) electrons. The maximum atomic E-state index is 2.54. The zero-order valence-corrected chi connectivity index (χ0v) is 15.7. The molecule has 1 aromatic carbocycles. The summed E-state index contributed by atoms with van der Waals surface area (Å²) < 4.78 is 0. The minimum Gasteiger partial charge on any atom is -0.304 e. The number of likely N-dealkylation sites (N-methyl/N-ethyl adjacent to an activating group) is 1. The Kier molecular flexibility index (Phi) is 16.6. The molecule has 2 nitrogen and oxygen atoms in total. The molecule has 0 N–H and O–H groups in total. The standard InChI is InChI=1S/C13H20N2.3C2H6/c1-12-4-3-5-13(10-12)11-15-8-6-14(2)7-9-15;3*1-2/h3-5,10H,6-9,11H2,1-2H3;3*1-2H3. The quantitative estimate of drug-likeness (QED) is 0.771. The van der Waals surface area contributed by atoms with Crippen molar-refractivity contribution in [2.75, 3.05) is 33.2 Å². The van der Waals surface area contributed by atoms with Gasteiger partial charge in [-0.05, 0) is 19.5 Å². The van der Waals surface area contributed by atoms with Crippen LogP contribution in [0.15, 0.2) is 24.3 Å². The Morgan fingerprint density at radius 2 is 1.38 bits per heavy atom. The number of rotatable bonds is 2. The first-order valence-corrected chi connectivity index (χ1v) is 8.70. The smallest absolute Gasteiger partial charge is 0.0234 e. The molecule has 0 bridgehead atoms. The van der Waals surface area contributed by atoms with Gasteiger partial charge >= 0.3 is 0 Å². The summed E-state index contributed by atoms with van der Waals surface area (Å²) >= 11 is 0. The van der Waals surface area contributed by atoms with Crippen LogP contribution in [0.2, 0.25) is 0 Å². The molecule has 21 heavy (non-hydrogen) atoms. The Balaban J connectivity index is 0. The predicted molar refractivity (Wildman–Crippen MR) is 98.0 cm³/mol. The number of aryl methyl sites for hydroxylation is 1. The van der Waals surface area contributed by atoms with Crippen molar-refractivity contribution in [2.45, 2.75) is 55.0 Å². The van der Waals surface area contributed by atoms with E-state index in [-0.39, 0.29) is 0 Å². The molecule has 1 aromatic rings. The molecule has 1 heterocycles. The van der Waals surface area contributed by atoms with Crippen LogP contribution >= 0.6 is 0 Å². The average Bonchev–Trinajstić information content (AvgIpc) is 2.55. The fourth-order valence-corrected chi connectivity index (χ4v) is 2.07. The van der Waals surface area contributed by atoms with Gasteiger partial charge in [-0.25, -0.2) is 0 Å². The second kappa shape index (κ2) is 15.5. The third kappa shape index (κ3) is 10.5. The van der Waals surface area contributed by atoms with E-state index >= 15 is 0 Å². The van der Waals surface area contributed by atoms with E-state index in [9.17, 15) is 0 Å². The molecule has 0 amide bonds. The largest absolute Gasteiger partial charge is 0.304 e. The second-order valence-corrected chi connectivity index (χ2v) is 4.57. The van der Waals surface area contributed by atoms with Crippen molar-refractivity contribution < 1.29 is 0 Å². The lowest BCUT2D eigenvalue weighted by molar-refractivity contribution is 0.148. The van der Waals surface area contributed by atoms with Gasteiger partial charge in [0.2, 0.25) is 0 Å². The zero-order chi connectivity index (χ0) is 16.7. The lowest BCUT2D eigenvalue weighted by Gasteiger charge is -2.32. The summed E-state index contributed by atoms with van der Waals surface area (Å²) in [7, 11) is 2.20. The topological polar surface area (TPSA) is 6.48 Å². The van der Waals surface area contributed by atoms with Gasteiger partial charge in [0.05, 0.1) is 0 Å². The Morgan fingerprint density at radius 3 is 1.86 bits per heavy atom. The van der Waals surface area contributed by atoms with Crippen molar-refractivity contribution in [3.63, 3.8) is 0 Å².